The third-order valence-corrected chi connectivity index (χ3v) is 8.20. The molecular formula is C35H50N4O6. The van der Waals surface area contributed by atoms with E-state index in [1.165, 1.54) is 0 Å². The molecule has 2 aromatic carbocycles. The van der Waals surface area contributed by atoms with Gasteiger partial charge in [-0.3, -0.25) is 14.4 Å². The lowest BCUT2D eigenvalue weighted by molar-refractivity contribution is -0.137. The molecule has 0 saturated heterocycles. The van der Waals surface area contributed by atoms with Crippen LogP contribution in [0.1, 0.15) is 89.7 Å². The summed E-state index contributed by atoms with van der Waals surface area (Å²) < 4.78 is 5.70. The second-order valence-electron chi connectivity index (χ2n) is 12.8. The van der Waals surface area contributed by atoms with Gasteiger partial charge in [0.2, 0.25) is 11.8 Å². The van der Waals surface area contributed by atoms with Crippen LogP contribution in [0.5, 0.6) is 0 Å². The van der Waals surface area contributed by atoms with Gasteiger partial charge >= 0.3 is 12.1 Å². The van der Waals surface area contributed by atoms with Crippen LogP contribution in [0, 0.1) is 11.8 Å². The number of rotatable bonds is 18. The summed E-state index contributed by atoms with van der Waals surface area (Å²) in [7, 11) is 0. The van der Waals surface area contributed by atoms with Crippen molar-refractivity contribution >= 4 is 23.9 Å². The number of unbranched alkanes of at least 4 members (excludes halogenated alkanes) is 1. The summed E-state index contributed by atoms with van der Waals surface area (Å²) in [5.41, 5.74) is 10.2. The minimum atomic E-state index is -0.975. The van der Waals surface area contributed by atoms with E-state index in [2.05, 4.69) is 40.2 Å². The van der Waals surface area contributed by atoms with Crippen molar-refractivity contribution in [2.45, 2.75) is 96.7 Å². The zero-order valence-electron chi connectivity index (χ0n) is 27.0. The first-order valence-corrected chi connectivity index (χ1v) is 16.1. The highest BCUT2D eigenvalue weighted by atomic mass is 16.5. The molecule has 6 N–H and O–H groups in total. The van der Waals surface area contributed by atoms with Crippen molar-refractivity contribution in [3.63, 3.8) is 0 Å². The maximum Gasteiger partial charge on any atom is 0.407 e. The van der Waals surface area contributed by atoms with Crippen LogP contribution in [-0.4, -0.2) is 60.3 Å². The molecule has 0 bridgehead atoms. The van der Waals surface area contributed by atoms with Gasteiger partial charge in [-0.25, -0.2) is 4.79 Å². The smallest absolute Gasteiger partial charge is 0.407 e. The molecule has 0 fully saturated rings. The van der Waals surface area contributed by atoms with Crippen LogP contribution >= 0.6 is 0 Å². The third-order valence-electron chi connectivity index (χ3n) is 8.20. The van der Waals surface area contributed by atoms with Crippen LogP contribution in [0.3, 0.4) is 0 Å². The summed E-state index contributed by atoms with van der Waals surface area (Å²) in [6.45, 7) is 8.46. The number of carboxylic acids is 1. The lowest BCUT2D eigenvalue weighted by Gasteiger charge is -2.25. The van der Waals surface area contributed by atoms with E-state index >= 15 is 0 Å². The fourth-order valence-electron chi connectivity index (χ4n) is 5.98. The summed E-state index contributed by atoms with van der Waals surface area (Å²) in [5.74, 6) is -1.48. The number of hydrogen-bond acceptors (Lipinski definition) is 6. The van der Waals surface area contributed by atoms with E-state index in [-0.39, 0.29) is 55.4 Å². The highest BCUT2D eigenvalue weighted by molar-refractivity contribution is 5.81. The number of aliphatic carboxylic acids is 1. The first-order chi connectivity index (χ1) is 21.5. The summed E-state index contributed by atoms with van der Waals surface area (Å²) in [4.78, 5) is 50.3. The molecule has 1 aliphatic carbocycles. The summed E-state index contributed by atoms with van der Waals surface area (Å²) >= 11 is 0. The van der Waals surface area contributed by atoms with Crippen molar-refractivity contribution < 1.29 is 29.0 Å². The van der Waals surface area contributed by atoms with E-state index in [1.54, 1.807) is 0 Å². The van der Waals surface area contributed by atoms with Crippen molar-refractivity contribution in [1.29, 1.82) is 0 Å². The number of ether oxygens (including phenoxy) is 1. The quantitative estimate of drug-likeness (QED) is 0.147. The van der Waals surface area contributed by atoms with Crippen LogP contribution in [0.4, 0.5) is 4.79 Å². The molecule has 10 heteroatoms. The highest BCUT2D eigenvalue weighted by Crippen LogP contribution is 2.44. The number of alkyl carbamates (subject to hydrolysis) is 1. The lowest BCUT2D eigenvalue weighted by atomic mass is 9.98. The van der Waals surface area contributed by atoms with E-state index in [4.69, 9.17) is 10.5 Å². The molecule has 0 unspecified atom stereocenters. The Labute approximate surface area is 266 Å². The number of nitrogens with two attached hydrogens (primary N) is 1. The molecule has 3 amide bonds. The van der Waals surface area contributed by atoms with Gasteiger partial charge in [-0.05, 0) is 59.9 Å². The number of amides is 3. The minimum absolute atomic E-state index is 0.0197. The van der Waals surface area contributed by atoms with E-state index in [0.717, 1.165) is 35.1 Å². The van der Waals surface area contributed by atoms with Gasteiger partial charge in [-0.1, -0.05) is 82.6 Å². The van der Waals surface area contributed by atoms with Crippen LogP contribution in [0.15, 0.2) is 48.5 Å². The van der Waals surface area contributed by atoms with Gasteiger partial charge in [0.15, 0.2) is 0 Å². The van der Waals surface area contributed by atoms with Crippen molar-refractivity contribution in [1.82, 2.24) is 16.0 Å². The molecule has 10 nitrogen and oxygen atoms in total. The topological polar surface area (TPSA) is 160 Å². The average molecular weight is 623 g/mol. The minimum Gasteiger partial charge on any atom is -0.481 e. The van der Waals surface area contributed by atoms with Crippen LogP contribution in [0.2, 0.25) is 0 Å². The first kappa shape index (κ1) is 35.6. The Morgan fingerprint density at radius 3 is 1.93 bits per heavy atom. The van der Waals surface area contributed by atoms with Crippen LogP contribution in [-0.2, 0) is 19.1 Å². The molecule has 3 rings (SSSR count). The second-order valence-corrected chi connectivity index (χ2v) is 12.8. The average Bonchev–Trinajstić information content (AvgIpc) is 3.28. The molecule has 45 heavy (non-hydrogen) atoms. The summed E-state index contributed by atoms with van der Waals surface area (Å²) in [5, 5.41) is 17.9. The number of carbonyl (C=O) groups excluding carboxylic acids is 3. The van der Waals surface area contributed by atoms with Crippen molar-refractivity contribution in [3.05, 3.63) is 59.7 Å². The zero-order valence-corrected chi connectivity index (χ0v) is 27.0. The largest absolute Gasteiger partial charge is 0.481 e. The first-order valence-electron chi connectivity index (χ1n) is 16.1. The summed E-state index contributed by atoms with van der Waals surface area (Å²) in [6, 6.07) is 14.8. The third kappa shape index (κ3) is 11.2. The molecule has 3 atom stereocenters. The number of nitrogens with one attached hydrogen (secondary N) is 3. The molecule has 2 aromatic rings. The van der Waals surface area contributed by atoms with Crippen molar-refractivity contribution in [2.24, 2.45) is 17.6 Å². The lowest BCUT2D eigenvalue weighted by Crippen LogP contribution is -2.46. The SMILES string of the molecule is CC(C)C[C@@H](CC(=O)O)NC(=O)C[C@H](CCCCN)NC(=O)C[C@H](NC(=O)OCC1c2ccccc2-c2ccccc21)C(C)C. The number of carbonyl (C=O) groups is 4. The van der Waals surface area contributed by atoms with Gasteiger partial charge in [-0.15, -0.1) is 0 Å². The molecule has 0 heterocycles. The number of hydrogen-bond donors (Lipinski definition) is 5. The Kier molecular flexibility index (Phi) is 13.9. The summed E-state index contributed by atoms with van der Waals surface area (Å²) in [6.07, 6.45) is 1.87. The number of carboxylic acid groups (broad SMARTS) is 1. The zero-order chi connectivity index (χ0) is 32.9. The molecule has 0 radical (unpaired) electrons. The maximum atomic E-state index is 13.2. The second kappa shape index (κ2) is 17.5. The Bertz CT molecular complexity index is 1250. The van der Waals surface area contributed by atoms with Gasteiger partial charge in [0, 0.05) is 36.9 Å². The monoisotopic (exact) mass is 622 g/mol. The maximum absolute atomic E-state index is 13.2. The fourth-order valence-corrected chi connectivity index (χ4v) is 5.98. The van der Waals surface area contributed by atoms with E-state index in [0.29, 0.717) is 19.4 Å². The molecule has 246 valence electrons. The van der Waals surface area contributed by atoms with Gasteiger partial charge in [0.25, 0.3) is 0 Å². The molecule has 0 aliphatic heterocycles. The Morgan fingerprint density at radius 2 is 1.38 bits per heavy atom. The molecular weight excluding hydrogens is 572 g/mol. The van der Waals surface area contributed by atoms with Gasteiger partial charge < -0.3 is 31.5 Å². The Morgan fingerprint density at radius 1 is 0.800 bits per heavy atom. The van der Waals surface area contributed by atoms with Crippen molar-refractivity contribution in [2.75, 3.05) is 13.2 Å². The molecule has 0 saturated carbocycles. The van der Waals surface area contributed by atoms with Gasteiger partial charge in [-0.2, -0.15) is 0 Å². The molecule has 1 aliphatic rings. The van der Waals surface area contributed by atoms with Crippen LogP contribution in [0.25, 0.3) is 11.1 Å². The highest BCUT2D eigenvalue weighted by Gasteiger charge is 2.30. The fraction of sp³-hybridized carbons (Fsp3) is 0.543. The van der Waals surface area contributed by atoms with E-state index in [1.807, 2.05) is 52.0 Å². The van der Waals surface area contributed by atoms with Crippen LogP contribution < -0.4 is 21.7 Å². The Hall–Kier alpha value is -3.92. The van der Waals surface area contributed by atoms with Crippen molar-refractivity contribution in [3.8, 4) is 11.1 Å². The predicted octanol–water partition coefficient (Wildman–Crippen LogP) is 4.95. The van der Waals surface area contributed by atoms with E-state index < -0.39 is 30.2 Å². The Balaban J connectivity index is 1.57. The number of fused-ring (bicyclic) bond motifs is 3. The standard InChI is InChI=1S/C35H50N4O6/c1-22(2)17-25(19-34(42)43)38-32(40)18-24(11-9-10-16-36)37-33(41)20-31(23(3)4)39-35(44)45-21-30-28-14-7-5-12-26(28)27-13-6-8-15-29(27)30/h5-8,12-15,22-25,30-31H,9-11,16-21,36H2,1-4H3,(H,37,41)(H,38,40)(H,39,44)(H,42,43)/t24-,25-,31-/m0/s1. The van der Waals surface area contributed by atoms with Gasteiger partial charge in [0.1, 0.15) is 6.61 Å². The predicted molar refractivity (Wildman–Crippen MR) is 175 cm³/mol. The number of benzene rings is 2. The normalized spacial score (nSPS) is 14.3. The van der Waals surface area contributed by atoms with Gasteiger partial charge in [0.05, 0.1) is 6.42 Å². The molecule has 0 aromatic heterocycles. The molecule has 0 spiro atoms. The van der Waals surface area contributed by atoms with E-state index in [9.17, 15) is 24.3 Å².